The van der Waals surface area contributed by atoms with Crippen LogP contribution in [-0.2, 0) is 11.3 Å². The van der Waals surface area contributed by atoms with Crippen LogP contribution in [-0.4, -0.2) is 13.1 Å². The molecule has 5 heteroatoms. The third-order valence-electron chi connectivity index (χ3n) is 2.75. The topological polar surface area (TPSA) is 29.5 Å². The smallest absolute Gasteiger partial charge is 0.414 e. The summed E-state index contributed by atoms with van der Waals surface area (Å²) in [5, 5.41) is 0. The highest BCUT2D eigenvalue weighted by atomic mass is 127. The maximum Gasteiger partial charge on any atom is 0.414 e. The van der Waals surface area contributed by atoms with Crippen molar-refractivity contribution < 1.29 is 13.9 Å². The zero-order chi connectivity index (χ0) is 14.5. The van der Waals surface area contributed by atoms with Gasteiger partial charge in [0.2, 0.25) is 0 Å². The van der Waals surface area contributed by atoms with Gasteiger partial charge in [-0.15, -0.1) is 0 Å². The van der Waals surface area contributed by atoms with Gasteiger partial charge in [-0.05, 0) is 46.4 Å². The number of anilines is 1. The van der Waals surface area contributed by atoms with Crippen molar-refractivity contribution >= 4 is 34.4 Å². The number of carbonyl (C=O) groups excluding carboxylic acids is 1. The molecule has 0 aliphatic rings. The molecule has 0 N–H and O–H groups in total. The monoisotopic (exact) mass is 385 g/mol. The van der Waals surface area contributed by atoms with E-state index in [0.29, 0.717) is 9.26 Å². The van der Waals surface area contributed by atoms with Crippen LogP contribution in [0.5, 0.6) is 0 Å². The summed E-state index contributed by atoms with van der Waals surface area (Å²) in [6.07, 6.45) is -0.474. The summed E-state index contributed by atoms with van der Waals surface area (Å²) < 4.78 is 18.9. The van der Waals surface area contributed by atoms with Crippen LogP contribution in [0.2, 0.25) is 0 Å². The summed E-state index contributed by atoms with van der Waals surface area (Å²) in [6.45, 7) is 0.210. The van der Waals surface area contributed by atoms with E-state index in [2.05, 4.69) is 0 Å². The Morgan fingerprint density at radius 2 is 1.95 bits per heavy atom. The number of rotatable bonds is 3. The molecule has 0 heterocycles. The summed E-state index contributed by atoms with van der Waals surface area (Å²) in [5.41, 5.74) is 1.54. The predicted octanol–water partition coefficient (Wildman–Crippen LogP) is 4.20. The number of hydrogen-bond donors (Lipinski definition) is 0. The van der Waals surface area contributed by atoms with E-state index in [4.69, 9.17) is 4.74 Å². The first-order valence-electron chi connectivity index (χ1n) is 5.97. The number of amides is 1. The van der Waals surface area contributed by atoms with Crippen LogP contribution in [0.3, 0.4) is 0 Å². The first kappa shape index (κ1) is 14.8. The average molecular weight is 385 g/mol. The lowest BCUT2D eigenvalue weighted by atomic mass is 10.2. The van der Waals surface area contributed by atoms with Gasteiger partial charge in [-0.1, -0.05) is 30.3 Å². The van der Waals surface area contributed by atoms with Crippen molar-refractivity contribution in [2.75, 3.05) is 11.9 Å². The lowest BCUT2D eigenvalue weighted by Crippen LogP contribution is -2.27. The van der Waals surface area contributed by atoms with Gasteiger partial charge in [-0.2, -0.15) is 0 Å². The molecule has 1 amide bonds. The molecular formula is C15H13FINO2. The standard InChI is InChI=1S/C15H13FINO2/c1-18(14-8-7-12(16)9-13(14)17)15(19)20-10-11-5-3-2-4-6-11/h2-9H,10H2,1H3. The second-order valence-corrected chi connectivity index (χ2v) is 5.36. The highest BCUT2D eigenvalue weighted by Gasteiger charge is 2.15. The van der Waals surface area contributed by atoms with Crippen LogP contribution in [0.15, 0.2) is 48.5 Å². The quantitative estimate of drug-likeness (QED) is 0.742. The van der Waals surface area contributed by atoms with Crippen molar-refractivity contribution in [2.24, 2.45) is 0 Å². The minimum atomic E-state index is -0.474. The van der Waals surface area contributed by atoms with Crippen LogP contribution in [0.4, 0.5) is 14.9 Å². The van der Waals surface area contributed by atoms with Gasteiger partial charge in [0, 0.05) is 10.6 Å². The van der Waals surface area contributed by atoms with Gasteiger partial charge in [-0.3, -0.25) is 4.90 Å². The largest absolute Gasteiger partial charge is 0.444 e. The Morgan fingerprint density at radius 3 is 2.60 bits per heavy atom. The Morgan fingerprint density at radius 1 is 1.25 bits per heavy atom. The lowest BCUT2D eigenvalue weighted by molar-refractivity contribution is 0.148. The van der Waals surface area contributed by atoms with Crippen molar-refractivity contribution in [2.45, 2.75) is 6.61 Å². The maximum absolute atomic E-state index is 13.0. The van der Waals surface area contributed by atoms with Crippen molar-refractivity contribution in [1.29, 1.82) is 0 Å². The van der Waals surface area contributed by atoms with Gasteiger partial charge in [0.15, 0.2) is 0 Å². The van der Waals surface area contributed by atoms with Crippen LogP contribution >= 0.6 is 22.6 Å². The highest BCUT2D eigenvalue weighted by molar-refractivity contribution is 14.1. The number of nitrogens with zero attached hydrogens (tertiary/aromatic N) is 1. The molecule has 2 rings (SSSR count). The minimum Gasteiger partial charge on any atom is -0.444 e. The van der Waals surface area contributed by atoms with Crippen LogP contribution in [0, 0.1) is 9.39 Å². The Balaban J connectivity index is 2.01. The predicted molar refractivity (Wildman–Crippen MR) is 84.1 cm³/mol. The molecule has 20 heavy (non-hydrogen) atoms. The summed E-state index contributed by atoms with van der Waals surface area (Å²) in [5.74, 6) is -0.329. The van der Waals surface area contributed by atoms with Crippen LogP contribution < -0.4 is 4.90 Å². The molecule has 2 aromatic carbocycles. The molecule has 0 radical (unpaired) electrons. The zero-order valence-electron chi connectivity index (χ0n) is 10.8. The van der Waals surface area contributed by atoms with Gasteiger partial charge >= 0.3 is 6.09 Å². The number of hydrogen-bond acceptors (Lipinski definition) is 2. The van der Waals surface area contributed by atoms with Crippen molar-refractivity contribution in [3.8, 4) is 0 Å². The molecule has 3 nitrogen and oxygen atoms in total. The van der Waals surface area contributed by atoms with Gasteiger partial charge in [0.1, 0.15) is 12.4 Å². The molecule has 0 aliphatic heterocycles. The van der Waals surface area contributed by atoms with E-state index in [1.165, 1.54) is 17.0 Å². The van der Waals surface area contributed by atoms with Crippen molar-refractivity contribution in [1.82, 2.24) is 0 Å². The Hall–Kier alpha value is -1.63. The molecular weight excluding hydrogens is 372 g/mol. The van der Waals surface area contributed by atoms with E-state index in [1.54, 1.807) is 13.1 Å². The van der Waals surface area contributed by atoms with E-state index in [9.17, 15) is 9.18 Å². The van der Waals surface area contributed by atoms with Crippen LogP contribution in [0.25, 0.3) is 0 Å². The van der Waals surface area contributed by atoms with Crippen LogP contribution in [0.1, 0.15) is 5.56 Å². The molecule has 0 saturated heterocycles. The fourth-order valence-corrected chi connectivity index (χ4v) is 2.51. The Kier molecular flexibility index (Phi) is 4.94. The third kappa shape index (κ3) is 3.69. The van der Waals surface area contributed by atoms with Crippen molar-refractivity contribution in [3.63, 3.8) is 0 Å². The molecule has 0 spiro atoms. The third-order valence-corrected chi connectivity index (χ3v) is 3.61. The van der Waals surface area contributed by atoms with Gasteiger partial charge < -0.3 is 4.74 Å². The van der Waals surface area contributed by atoms with E-state index in [0.717, 1.165) is 5.56 Å². The molecule has 0 aliphatic carbocycles. The molecule has 0 fully saturated rings. The molecule has 104 valence electrons. The molecule has 0 saturated carbocycles. The molecule has 2 aromatic rings. The lowest BCUT2D eigenvalue weighted by Gasteiger charge is -2.18. The van der Waals surface area contributed by atoms with Gasteiger partial charge in [0.05, 0.1) is 5.69 Å². The van der Waals surface area contributed by atoms with E-state index in [-0.39, 0.29) is 12.4 Å². The number of benzene rings is 2. The molecule has 0 unspecified atom stereocenters. The molecule has 0 atom stereocenters. The second-order valence-electron chi connectivity index (χ2n) is 4.19. The summed E-state index contributed by atoms with van der Waals surface area (Å²) in [7, 11) is 1.60. The average Bonchev–Trinajstić information content (AvgIpc) is 2.45. The van der Waals surface area contributed by atoms with E-state index >= 15 is 0 Å². The highest BCUT2D eigenvalue weighted by Crippen LogP contribution is 2.23. The SMILES string of the molecule is CN(C(=O)OCc1ccccc1)c1ccc(F)cc1I. The zero-order valence-corrected chi connectivity index (χ0v) is 13.0. The minimum absolute atomic E-state index is 0.210. The Bertz CT molecular complexity index is 604. The number of halogens is 2. The fourth-order valence-electron chi connectivity index (χ4n) is 1.67. The second kappa shape index (κ2) is 6.69. The normalized spacial score (nSPS) is 10.2. The molecule has 0 aromatic heterocycles. The first-order valence-corrected chi connectivity index (χ1v) is 7.05. The number of ether oxygens (including phenoxy) is 1. The van der Waals surface area contributed by atoms with Crippen molar-refractivity contribution in [3.05, 3.63) is 63.5 Å². The van der Waals surface area contributed by atoms with E-state index in [1.807, 2.05) is 52.9 Å². The van der Waals surface area contributed by atoms with E-state index < -0.39 is 6.09 Å². The first-order chi connectivity index (χ1) is 9.58. The summed E-state index contributed by atoms with van der Waals surface area (Å²) in [6, 6.07) is 13.7. The summed E-state index contributed by atoms with van der Waals surface area (Å²) in [4.78, 5) is 13.3. The van der Waals surface area contributed by atoms with Gasteiger partial charge in [0.25, 0.3) is 0 Å². The number of carbonyl (C=O) groups is 1. The maximum atomic E-state index is 13.0. The molecule has 0 bridgehead atoms. The summed E-state index contributed by atoms with van der Waals surface area (Å²) >= 11 is 1.99. The van der Waals surface area contributed by atoms with Gasteiger partial charge in [-0.25, -0.2) is 9.18 Å². The fraction of sp³-hybridized carbons (Fsp3) is 0.133. The Labute approximate surface area is 130 Å².